The molecule has 0 aliphatic carbocycles. The van der Waals surface area contributed by atoms with Gasteiger partial charge in [0.2, 0.25) is 0 Å². The fraction of sp³-hybridized carbons (Fsp3) is 0.235. The van der Waals surface area contributed by atoms with Crippen molar-refractivity contribution in [2.24, 2.45) is 0 Å². The first-order valence-corrected chi connectivity index (χ1v) is 9.15. The fourth-order valence-electron chi connectivity index (χ4n) is 2.62. The topological polar surface area (TPSA) is 52.0 Å². The predicted octanol–water partition coefficient (Wildman–Crippen LogP) is 4.11. The van der Waals surface area contributed by atoms with E-state index in [9.17, 15) is 8.42 Å². The zero-order chi connectivity index (χ0) is 16.8. The fourth-order valence-corrected chi connectivity index (χ4v) is 4.31. The summed E-state index contributed by atoms with van der Waals surface area (Å²) < 4.78 is 27.2. The number of hydrogen-bond donors (Lipinski definition) is 0. The van der Waals surface area contributed by atoms with Crippen LogP contribution in [0, 0.1) is 13.8 Å². The van der Waals surface area contributed by atoms with E-state index in [4.69, 9.17) is 11.6 Å². The van der Waals surface area contributed by atoms with Gasteiger partial charge in [0, 0.05) is 17.3 Å². The number of fused-ring (bicyclic) bond motifs is 1. The first-order valence-electron chi connectivity index (χ1n) is 7.34. The van der Waals surface area contributed by atoms with Crippen molar-refractivity contribution in [1.29, 1.82) is 0 Å². The zero-order valence-electron chi connectivity index (χ0n) is 13.2. The van der Waals surface area contributed by atoms with Crippen LogP contribution in [-0.4, -0.2) is 17.4 Å². The molecule has 23 heavy (non-hydrogen) atoms. The molecule has 0 amide bonds. The van der Waals surface area contributed by atoms with Crippen molar-refractivity contribution in [1.82, 2.24) is 8.96 Å². The van der Waals surface area contributed by atoms with Gasteiger partial charge in [-0.05, 0) is 44.0 Å². The van der Waals surface area contributed by atoms with Gasteiger partial charge in [-0.2, -0.15) is 0 Å². The molecule has 0 bridgehead atoms. The molecule has 1 aromatic carbocycles. The molecule has 0 atom stereocenters. The van der Waals surface area contributed by atoms with Gasteiger partial charge in [0.1, 0.15) is 0 Å². The summed E-state index contributed by atoms with van der Waals surface area (Å²) in [6.07, 6.45) is 2.30. The molecular formula is C17H17ClN2O2S. The second-order valence-electron chi connectivity index (χ2n) is 5.57. The maximum Gasteiger partial charge on any atom is 0.269 e. The predicted molar refractivity (Wildman–Crippen MR) is 92.6 cm³/mol. The Morgan fingerprint density at radius 3 is 2.43 bits per heavy atom. The van der Waals surface area contributed by atoms with Gasteiger partial charge in [-0.25, -0.2) is 17.4 Å². The molecule has 0 saturated heterocycles. The largest absolute Gasteiger partial charge is 0.269 e. The van der Waals surface area contributed by atoms with Crippen LogP contribution in [0.2, 0.25) is 5.02 Å². The number of benzene rings is 1. The molecule has 3 rings (SSSR count). The molecule has 4 nitrogen and oxygen atoms in total. The quantitative estimate of drug-likeness (QED) is 0.715. The Kier molecular flexibility index (Phi) is 3.94. The Labute approximate surface area is 140 Å². The van der Waals surface area contributed by atoms with Gasteiger partial charge in [-0.1, -0.05) is 36.2 Å². The van der Waals surface area contributed by atoms with Crippen LogP contribution in [0.25, 0.3) is 11.0 Å². The Balaban J connectivity index is 2.33. The van der Waals surface area contributed by atoms with Gasteiger partial charge in [-0.15, -0.1) is 0 Å². The highest BCUT2D eigenvalue weighted by Crippen LogP contribution is 2.31. The summed E-state index contributed by atoms with van der Waals surface area (Å²) in [6, 6.07) is 8.54. The molecule has 2 aromatic heterocycles. The summed E-state index contributed by atoms with van der Waals surface area (Å²) in [4.78, 5) is 4.65. The summed E-state index contributed by atoms with van der Waals surface area (Å²) in [6.45, 7) is 5.68. The van der Waals surface area contributed by atoms with E-state index in [1.807, 2.05) is 13.8 Å². The van der Waals surface area contributed by atoms with Gasteiger partial charge in [0.15, 0.2) is 5.65 Å². The lowest BCUT2D eigenvalue weighted by molar-refractivity contribution is 0.588. The highest BCUT2D eigenvalue weighted by atomic mass is 35.5. The van der Waals surface area contributed by atoms with E-state index >= 15 is 0 Å². The smallest absolute Gasteiger partial charge is 0.234 e. The van der Waals surface area contributed by atoms with Crippen molar-refractivity contribution in [3.63, 3.8) is 0 Å². The third kappa shape index (κ3) is 2.64. The first kappa shape index (κ1) is 16.0. The molecule has 0 aliphatic rings. The van der Waals surface area contributed by atoms with Gasteiger partial charge < -0.3 is 0 Å². The Morgan fingerprint density at radius 2 is 1.83 bits per heavy atom. The lowest BCUT2D eigenvalue weighted by atomic mass is 10.2. The molecule has 0 spiro atoms. The molecule has 0 saturated carbocycles. The van der Waals surface area contributed by atoms with Crippen LogP contribution in [0.1, 0.15) is 23.7 Å². The number of aromatic nitrogens is 2. The van der Waals surface area contributed by atoms with E-state index < -0.39 is 10.0 Å². The SMILES string of the molecule is CCc1cn(S(=O)(=O)c2ccc(C)cc2)c2nc(C)cc(Cl)c12. The molecule has 0 aliphatic heterocycles. The van der Waals surface area contributed by atoms with Crippen LogP contribution in [0.3, 0.4) is 0 Å². The summed E-state index contributed by atoms with van der Waals surface area (Å²) >= 11 is 6.33. The van der Waals surface area contributed by atoms with Crippen LogP contribution in [0.15, 0.2) is 41.4 Å². The number of halogens is 1. The standard InChI is InChI=1S/C17H17ClN2O2S/c1-4-13-10-20(17-16(13)15(18)9-12(3)19-17)23(21,22)14-7-5-11(2)6-8-14/h5-10H,4H2,1-3H3. The minimum Gasteiger partial charge on any atom is -0.234 e. The molecule has 2 heterocycles. The number of rotatable bonds is 3. The van der Waals surface area contributed by atoms with Gasteiger partial charge >= 0.3 is 0 Å². The van der Waals surface area contributed by atoms with Gasteiger partial charge in [0.25, 0.3) is 10.0 Å². The zero-order valence-corrected chi connectivity index (χ0v) is 14.7. The van der Waals surface area contributed by atoms with Crippen molar-refractivity contribution in [2.75, 3.05) is 0 Å². The third-order valence-corrected chi connectivity index (χ3v) is 5.80. The van der Waals surface area contributed by atoms with Crippen LogP contribution in [-0.2, 0) is 16.4 Å². The lowest BCUT2D eigenvalue weighted by Crippen LogP contribution is -2.12. The van der Waals surface area contributed by atoms with E-state index in [-0.39, 0.29) is 4.90 Å². The molecule has 0 unspecified atom stereocenters. The molecule has 3 aromatic rings. The monoisotopic (exact) mass is 348 g/mol. The molecule has 0 fully saturated rings. The number of pyridine rings is 1. The Hall–Kier alpha value is -1.85. The van der Waals surface area contributed by atoms with E-state index in [0.717, 1.165) is 11.1 Å². The lowest BCUT2D eigenvalue weighted by Gasteiger charge is -2.08. The van der Waals surface area contributed by atoms with E-state index in [1.165, 1.54) is 3.97 Å². The van der Waals surface area contributed by atoms with Gasteiger partial charge in [-0.3, -0.25) is 0 Å². The van der Waals surface area contributed by atoms with E-state index in [1.54, 1.807) is 43.5 Å². The van der Waals surface area contributed by atoms with Crippen molar-refractivity contribution in [3.05, 3.63) is 58.4 Å². The van der Waals surface area contributed by atoms with Crippen molar-refractivity contribution in [2.45, 2.75) is 32.1 Å². The summed E-state index contributed by atoms with van der Waals surface area (Å²) in [5.74, 6) is 0. The summed E-state index contributed by atoms with van der Waals surface area (Å²) in [7, 11) is -3.71. The average molecular weight is 349 g/mol. The summed E-state index contributed by atoms with van der Waals surface area (Å²) in [5.41, 5.74) is 2.94. The second kappa shape index (κ2) is 5.65. The highest BCUT2D eigenvalue weighted by Gasteiger charge is 2.23. The minimum atomic E-state index is -3.71. The van der Waals surface area contributed by atoms with Crippen molar-refractivity contribution < 1.29 is 8.42 Å². The molecule has 0 radical (unpaired) electrons. The highest BCUT2D eigenvalue weighted by molar-refractivity contribution is 7.90. The minimum absolute atomic E-state index is 0.238. The summed E-state index contributed by atoms with van der Waals surface area (Å²) in [5, 5.41) is 1.23. The maximum atomic E-state index is 13.0. The van der Waals surface area contributed by atoms with Crippen LogP contribution in [0.4, 0.5) is 0 Å². The molecule has 0 N–H and O–H groups in total. The number of nitrogens with zero attached hydrogens (tertiary/aromatic N) is 2. The van der Waals surface area contributed by atoms with E-state index in [0.29, 0.717) is 28.2 Å². The maximum absolute atomic E-state index is 13.0. The first-order chi connectivity index (χ1) is 10.8. The molecule has 6 heteroatoms. The number of hydrogen-bond acceptors (Lipinski definition) is 3. The molecular weight excluding hydrogens is 332 g/mol. The second-order valence-corrected chi connectivity index (χ2v) is 7.79. The van der Waals surface area contributed by atoms with Crippen LogP contribution < -0.4 is 0 Å². The van der Waals surface area contributed by atoms with Crippen molar-refractivity contribution in [3.8, 4) is 0 Å². The van der Waals surface area contributed by atoms with E-state index in [2.05, 4.69) is 4.98 Å². The average Bonchev–Trinajstić information content (AvgIpc) is 2.87. The van der Waals surface area contributed by atoms with Gasteiger partial charge in [0.05, 0.1) is 9.92 Å². The Bertz CT molecular complexity index is 990. The number of aryl methyl sites for hydroxylation is 3. The van der Waals surface area contributed by atoms with Crippen LogP contribution in [0.5, 0.6) is 0 Å². The normalized spacial score (nSPS) is 12.0. The van der Waals surface area contributed by atoms with Crippen LogP contribution >= 0.6 is 11.6 Å². The molecule has 120 valence electrons. The Morgan fingerprint density at radius 1 is 1.17 bits per heavy atom. The van der Waals surface area contributed by atoms with Crippen molar-refractivity contribution >= 4 is 32.7 Å². The third-order valence-electron chi connectivity index (χ3n) is 3.84.